The van der Waals surface area contributed by atoms with E-state index in [1.165, 1.54) is 14.0 Å². The quantitative estimate of drug-likeness (QED) is 0.401. The smallest absolute Gasteiger partial charge is 0.336 e. The molecule has 9 heteroatoms. The Morgan fingerprint density at radius 1 is 0.889 bits per heavy atom. The van der Waals surface area contributed by atoms with Gasteiger partial charge >= 0.3 is 11.9 Å². The van der Waals surface area contributed by atoms with Crippen LogP contribution in [0, 0.1) is 0 Å². The summed E-state index contributed by atoms with van der Waals surface area (Å²) in [6.45, 7) is 5.06. The van der Waals surface area contributed by atoms with Gasteiger partial charge in [-0.1, -0.05) is 12.1 Å². The van der Waals surface area contributed by atoms with Crippen molar-refractivity contribution in [2.75, 3.05) is 32.8 Å². The summed E-state index contributed by atoms with van der Waals surface area (Å²) in [6.07, 6.45) is 0. The van der Waals surface area contributed by atoms with Gasteiger partial charge in [-0.25, -0.2) is 9.59 Å². The van der Waals surface area contributed by atoms with E-state index in [4.69, 9.17) is 18.9 Å². The first kappa shape index (κ1) is 26.3. The molecule has 3 rings (SSSR count). The fourth-order valence-electron chi connectivity index (χ4n) is 4.01. The van der Waals surface area contributed by atoms with Crippen LogP contribution in [-0.4, -0.2) is 45.3 Å². The predicted molar refractivity (Wildman–Crippen MR) is 133 cm³/mol. The average Bonchev–Trinajstić information content (AvgIpc) is 2.86. The Kier molecular flexibility index (Phi) is 8.72. The molecule has 0 bridgehead atoms. The van der Waals surface area contributed by atoms with Crippen LogP contribution in [0.3, 0.4) is 0 Å². The number of nitrogens with one attached hydrogen (secondary N) is 2. The minimum Gasteiger partial charge on any atom is -0.497 e. The van der Waals surface area contributed by atoms with Gasteiger partial charge in [0.25, 0.3) is 0 Å². The molecule has 1 atom stereocenters. The molecule has 2 aromatic rings. The van der Waals surface area contributed by atoms with Crippen molar-refractivity contribution in [3.05, 3.63) is 76.6 Å². The SMILES string of the molecule is COC(=O)C1=C(C)NC(C)=C(C(=O)OCCOc2ccc(NC(C)=O)cc2)C1c1cccc(OC)c1. The number of hydrogen-bond donors (Lipinski definition) is 2. The molecule has 0 aromatic heterocycles. The summed E-state index contributed by atoms with van der Waals surface area (Å²) >= 11 is 0. The molecule has 0 saturated heterocycles. The van der Waals surface area contributed by atoms with E-state index in [2.05, 4.69) is 10.6 Å². The van der Waals surface area contributed by atoms with Crippen molar-refractivity contribution in [2.45, 2.75) is 26.7 Å². The van der Waals surface area contributed by atoms with Gasteiger partial charge in [0.1, 0.15) is 24.7 Å². The van der Waals surface area contributed by atoms with Crippen LogP contribution >= 0.6 is 0 Å². The molecular weight excluding hydrogens is 464 g/mol. The van der Waals surface area contributed by atoms with E-state index in [0.717, 1.165) is 0 Å². The number of hydrogen-bond acceptors (Lipinski definition) is 8. The predicted octanol–water partition coefficient (Wildman–Crippen LogP) is 3.68. The van der Waals surface area contributed by atoms with Crippen molar-refractivity contribution in [2.24, 2.45) is 0 Å². The molecule has 1 aliphatic heterocycles. The largest absolute Gasteiger partial charge is 0.497 e. The van der Waals surface area contributed by atoms with Gasteiger partial charge < -0.3 is 29.6 Å². The van der Waals surface area contributed by atoms with Crippen molar-refractivity contribution >= 4 is 23.5 Å². The number of benzene rings is 2. The number of allylic oxidation sites excluding steroid dienone is 2. The van der Waals surface area contributed by atoms with Crippen molar-refractivity contribution < 1.29 is 33.3 Å². The Bertz CT molecular complexity index is 1200. The summed E-state index contributed by atoms with van der Waals surface area (Å²) in [7, 11) is 2.85. The number of esters is 2. The first-order chi connectivity index (χ1) is 17.2. The van der Waals surface area contributed by atoms with Crippen molar-refractivity contribution in [3.63, 3.8) is 0 Å². The maximum Gasteiger partial charge on any atom is 0.336 e. The maximum atomic E-state index is 13.2. The van der Waals surface area contributed by atoms with Crippen LogP contribution in [0.25, 0.3) is 0 Å². The minimum absolute atomic E-state index is 0.00978. The van der Waals surface area contributed by atoms with Crippen LogP contribution in [0.2, 0.25) is 0 Å². The molecule has 9 nitrogen and oxygen atoms in total. The Morgan fingerprint density at radius 2 is 1.56 bits per heavy atom. The molecule has 0 radical (unpaired) electrons. The van der Waals surface area contributed by atoms with Gasteiger partial charge in [-0.3, -0.25) is 4.79 Å². The third-order valence-electron chi connectivity index (χ3n) is 5.57. The second-order valence-corrected chi connectivity index (χ2v) is 8.09. The molecule has 1 aliphatic rings. The van der Waals surface area contributed by atoms with E-state index in [1.807, 2.05) is 6.07 Å². The third-order valence-corrected chi connectivity index (χ3v) is 5.57. The topological polar surface area (TPSA) is 112 Å². The highest BCUT2D eigenvalue weighted by Gasteiger charge is 2.38. The summed E-state index contributed by atoms with van der Waals surface area (Å²) in [5.41, 5.74) is 3.13. The van der Waals surface area contributed by atoms with Gasteiger partial charge in [0.05, 0.1) is 31.3 Å². The highest BCUT2D eigenvalue weighted by molar-refractivity contribution is 5.99. The zero-order chi connectivity index (χ0) is 26.2. The lowest BCUT2D eigenvalue weighted by Crippen LogP contribution is -2.32. The van der Waals surface area contributed by atoms with Crippen LogP contribution in [-0.2, 0) is 23.9 Å². The average molecular weight is 495 g/mol. The lowest BCUT2D eigenvalue weighted by atomic mass is 9.80. The van der Waals surface area contributed by atoms with E-state index in [0.29, 0.717) is 45.3 Å². The molecule has 0 spiro atoms. The van der Waals surface area contributed by atoms with Crippen molar-refractivity contribution in [3.8, 4) is 11.5 Å². The third kappa shape index (κ3) is 6.24. The summed E-state index contributed by atoms with van der Waals surface area (Å²) in [5, 5.41) is 5.78. The lowest BCUT2D eigenvalue weighted by Gasteiger charge is -2.30. The number of ether oxygens (including phenoxy) is 4. The van der Waals surface area contributed by atoms with E-state index in [-0.39, 0.29) is 19.1 Å². The summed E-state index contributed by atoms with van der Waals surface area (Å²) < 4.78 is 21.5. The van der Waals surface area contributed by atoms with Crippen LogP contribution < -0.4 is 20.1 Å². The van der Waals surface area contributed by atoms with Gasteiger partial charge in [0.15, 0.2) is 0 Å². The number of dihydropyridines is 1. The highest BCUT2D eigenvalue weighted by atomic mass is 16.6. The fraction of sp³-hybridized carbons (Fsp3) is 0.296. The standard InChI is InChI=1S/C27H30N2O7/c1-16-23(26(31)34-5)25(19-7-6-8-22(15-19)33-4)24(17(2)28-16)27(32)36-14-13-35-21-11-9-20(10-12-21)29-18(3)30/h6-12,15,25,28H,13-14H2,1-5H3,(H,29,30). The monoisotopic (exact) mass is 494 g/mol. The van der Waals surface area contributed by atoms with Gasteiger partial charge in [-0.15, -0.1) is 0 Å². The van der Waals surface area contributed by atoms with Crippen LogP contribution in [0.4, 0.5) is 5.69 Å². The minimum atomic E-state index is -0.705. The summed E-state index contributed by atoms with van der Waals surface area (Å²) in [6, 6.07) is 14.0. The van der Waals surface area contributed by atoms with Gasteiger partial charge in [0.2, 0.25) is 5.91 Å². The van der Waals surface area contributed by atoms with Gasteiger partial charge in [-0.05, 0) is 55.8 Å². The number of carbonyl (C=O) groups is 3. The first-order valence-electron chi connectivity index (χ1n) is 11.3. The zero-order valence-electron chi connectivity index (χ0n) is 21.0. The Hall–Kier alpha value is -4.27. The normalized spacial score (nSPS) is 15.1. The Balaban J connectivity index is 1.75. The summed E-state index contributed by atoms with van der Waals surface area (Å²) in [5.74, 6) is -0.830. The number of amides is 1. The van der Waals surface area contributed by atoms with E-state index in [1.54, 1.807) is 63.4 Å². The number of anilines is 1. The highest BCUT2D eigenvalue weighted by Crippen LogP contribution is 2.40. The van der Waals surface area contributed by atoms with Crippen molar-refractivity contribution in [1.29, 1.82) is 0 Å². The molecule has 0 saturated carbocycles. The van der Waals surface area contributed by atoms with E-state index in [9.17, 15) is 14.4 Å². The molecule has 2 aromatic carbocycles. The molecular formula is C27H30N2O7. The molecule has 1 amide bonds. The summed E-state index contributed by atoms with van der Waals surface area (Å²) in [4.78, 5) is 37.1. The van der Waals surface area contributed by atoms with Crippen molar-refractivity contribution in [1.82, 2.24) is 5.32 Å². The molecule has 190 valence electrons. The van der Waals surface area contributed by atoms with Gasteiger partial charge in [-0.2, -0.15) is 0 Å². The molecule has 2 N–H and O–H groups in total. The Labute approximate surface area is 210 Å². The number of methoxy groups -OCH3 is 2. The number of carbonyl (C=O) groups excluding carboxylic acids is 3. The van der Waals surface area contributed by atoms with Crippen LogP contribution in [0.15, 0.2) is 71.1 Å². The molecule has 0 aliphatic carbocycles. The first-order valence-corrected chi connectivity index (χ1v) is 11.3. The lowest BCUT2D eigenvalue weighted by molar-refractivity contribution is -0.140. The number of rotatable bonds is 9. The Morgan fingerprint density at radius 3 is 2.17 bits per heavy atom. The van der Waals surface area contributed by atoms with Crippen LogP contribution in [0.5, 0.6) is 11.5 Å². The molecule has 1 unspecified atom stereocenters. The van der Waals surface area contributed by atoms with Gasteiger partial charge in [0, 0.05) is 24.0 Å². The second kappa shape index (κ2) is 11.9. The molecule has 1 heterocycles. The zero-order valence-corrected chi connectivity index (χ0v) is 21.0. The second-order valence-electron chi connectivity index (χ2n) is 8.09. The maximum absolute atomic E-state index is 13.2. The molecule has 0 fully saturated rings. The van der Waals surface area contributed by atoms with Crippen LogP contribution in [0.1, 0.15) is 32.3 Å². The molecule has 36 heavy (non-hydrogen) atoms. The van der Waals surface area contributed by atoms with E-state index < -0.39 is 17.9 Å². The van der Waals surface area contributed by atoms with E-state index >= 15 is 0 Å². The fourth-order valence-corrected chi connectivity index (χ4v) is 4.01.